The molecule has 2 aromatic heterocycles. The van der Waals surface area contributed by atoms with Crippen LogP contribution in [0.2, 0.25) is 0 Å². The third-order valence-corrected chi connectivity index (χ3v) is 4.21. The van der Waals surface area contributed by atoms with Crippen LogP contribution in [0.15, 0.2) is 29.2 Å². The van der Waals surface area contributed by atoms with Gasteiger partial charge in [0, 0.05) is 45.6 Å². The summed E-state index contributed by atoms with van der Waals surface area (Å²) in [6, 6.07) is 2.58. The van der Waals surface area contributed by atoms with Crippen LogP contribution in [0.4, 0.5) is 0 Å². The fourth-order valence-corrected chi connectivity index (χ4v) is 3.17. The SMILES string of the molecule is Cn1ccnc1C1CNCCN1Cc1ccsc1. The summed E-state index contributed by atoms with van der Waals surface area (Å²) in [6.45, 7) is 4.14. The van der Waals surface area contributed by atoms with E-state index >= 15 is 0 Å². The third kappa shape index (κ3) is 2.34. The fourth-order valence-electron chi connectivity index (χ4n) is 2.51. The molecule has 18 heavy (non-hydrogen) atoms. The maximum atomic E-state index is 4.50. The minimum Gasteiger partial charge on any atom is -0.337 e. The predicted molar refractivity (Wildman–Crippen MR) is 73.5 cm³/mol. The van der Waals surface area contributed by atoms with Gasteiger partial charge < -0.3 is 9.88 Å². The number of hydrogen-bond acceptors (Lipinski definition) is 4. The quantitative estimate of drug-likeness (QED) is 0.912. The summed E-state index contributed by atoms with van der Waals surface area (Å²) in [4.78, 5) is 7.02. The normalized spacial score (nSPS) is 21.3. The van der Waals surface area contributed by atoms with Gasteiger partial charge in [0.2, 0.25) is 0 Å². The van der Waals surface area contributed by atoms with Crippen molar-refractivity contribution in [3.05, 3.63) is 40.6 Å². The first-order chi connectivity index (χ1) is 8.84. The maximum absolute atomic E-state index is 4.50. The summed E-state index contributed by atoms with van der Waals surface area (Å²) >= 11 is 1.77. The van der Waals surface area contributed by atoms with E-state index in [0.717, 1.165) is 32.0 Å². The Bertz CT molecular complexity index is 491. The Morgan fingerprint density at radius 2 is 2.50 bits per heavy atom. The molecule has 0 amide bonds. The summed E-state index contributed by atoms with van der Waals surface area (Å²) in [5.74, 6) is 1.15. The van der Waals surface area contributed by atoms with E-state index in [2.05, 4.69) is 43.6 Å². The smallest absolute Gasteiger partial charge is 0.127 e. The molecule has 0 spiro atoms. The molecular weight excluding hydrogens is 244 g/mol. The molecule has 0 radical (unpaired) electrons. The average molecular weight is 262 g/mol. The lowest BCUT2D eigenvalue weighted by Crippen LogP contribution is -2.46. The Morgan fingerprint density at radius 1 is 1.56 bits per heavy atom. The number of imidazole rings is 1. The van der Waals surface area contributed by atoms with Crippen LogP contribution < -0.4 is 5.32 Å². The molecule has 1 N–H and O–H groups in total. The zero-order valence-corrected chi connectivity index (χ0v) is 11.4. The Labute approximate surface area is 111 Å². The van der Waals surface area contributed by atoms with Crippen molar-refractivity contribution < 1.29 is 0 Å². The Morgan fingerprint density at radius 3 is 3.22 bits per heavy atom. The number of nitrogens with zero attached hydrogens (tertiary/aromatic N) is 3. The lowest BCUT2D eigenvalue weighted by atomic mass is 10.1. The summed E-state index contributed by atoms with van der Waals surface area (Å²) in [5, 5.41) is 7.85. The van der Waals surface area contributed by atoms with Crippen LogP contribution in [0.3, 0.4) is 0 Å². The van der Waals surface area contributed by atoms with Crippen LogP contribution in [0.5, 0.6) is 0 Å². The van der Waals surface area contributed by atoms with E-state index in [1.807, 2.05) is 12.4 Å². The number of piperazine rings is 1. The number of aromatic nitrogens is 2. The van der Waals surface area contributed by atoms with Crippen molar-refractivity contribution in [3.63, 3.8) is 0 Å². The zero-order chi connectivity index (χ0) is 12.4. The Hall–Kier alpha value is -1.17. The van der Waals surface area contributed by atoms with Crippen LogP contribution >= 0.6 is 11.3 Å². The molecule has 1 aliphatic rings. The lowest BCUT2D eigenvalue weighted by molar-refractivity contribution is 0.145. The van der Waals surface area contributed by atoms with Crippen molar-refractivity contribution in [3.8, 4) is 0 Å². The molecule has 0 bridgehead atoms. The molecule has 4 nitrogen and oxygen atoms in total. The molecule has 96 valence electrons. The molecule has 1 aliphatic heterocycles. The number of hydrogen-bond donors (Lipinski definition) is 1. The van der Waals surface area contributed by atoms with Crippen LogP contribution in [0, 0.1) is 0 Å². The van der Waals surface area contributed by atoms with Gasteiger partial charge in [-0.15, -0.1) is 0 Å². The van der Waals surface area contributed by atoms with Gasteiger partial charge in [-0.25, -0.2) is 4.98 Å². The van der Waals surface area contributed by atoms with Crippen LogP contribution in [-0.4, -0.2) is 34.1 Å². The second kappa shape index (κ2) is 5.22. The van der Waals surface area contributed by atoms with Crippen molar-refractivity contribution in [2.24, 2.45) is 7.05 Å². The van der Waals surface area contributed by atoms with Crippen molar-refractivity contribution in [1.29, 1.82) is 0 Å². The summed E-state index contributed by atoms with van der Waals surface area (Å²) in [5.41, 5.74) is 1.40. The standard InChI is InChI=1S/C13H18N4S/c1-16-5-4-15-13(16)12-8-14-3-6-17(12)9-11-2-7-18-10-11/h2,4-5,7,10,12,14H,3,6,8-9H2,1H3. The summed E-state index contributed by atoms with van der Waals surface area (Å²) < 4.78 is 2.12. The number of nitrogens with one attached hydrogen (secondary N) is 1. The lowest BCUT2D eigenvalue weighted by Gasteiger charge is -2.35. The van der Waals surface area contributed by atoms with Gasteiger partial charge in [-0.3, -0.25) is 4.90 Å². The van der Waals surface area contributed by atoms with E-state index < -0.39 is 0 Å². The second-order valence-corrected chi connectivity index (χ2v) is 5.50. The Kier molecular flexibility index (Phi) is 3.45. The van der Waals surface area contributed by atoms with Crippen molar-refractivity contribution in [2.75, 3.05) is 19.6 Å². The number of rotatable bonds is 3. The summed E-state index contributed by atoms with van der Waals surface area (Å²) in [6.07, 6.45) is 3.90. The van der Waals surface area contributed by atoms with E-state index in [1.165, 1.54) is 5.56 Å². The van der Waals surface area contributed by atoms with Gasteiger partial charge in [0.15, 0.2) is 0 Å². The molecule has 1 unspecified atom stereocenters. The van der Waals surface area contributed by atoms with Crippen molar-refractivity contribution in [2.45, 2.75) is 12.6 Å². The van der Waals surface area contributed by atoms with Crippen LogP contribution in [0.1, 0.15) is 17.4 Å². The second-order valence-electron chi connectivity index (χ2n) is 4.72. The van der Waals surface area contributed by atoms with Crippen molar-refractivity contribution >= 4 is 11.3 Å². The highest BCUT2D eigenvalue weighted by Crippen LogP contribution is 2.23. The minimum absolute atomic E-state index is 0.374. The van der Waals surface area contributed by atoms with Gasteiger partial charge in [-0.1, -0.05) is 0 Å². The molecule has 1 saturated heterocycles. The van der Waals surface area contributed by atoms with Gasteiger partial charge in [0.1, 0.15) is 5.82 Å². The largest absolute Gasteiger partial charge is 0.337 e. The van der Waals surface area contributed by atoms with E-state index in [1.54, 1.807) is 11.3 Å². The highest BCUT2D eigenvalue weighted by Gasteiger charge is 2.26. The van der Waals surface area contributed by atoms with Gasteiger partial charge in [-0.2, -0.15) is 11.3 Å². The molecule has 3 heterocycles. The zero-order valence-electron chi connectivity index (χ0n) is 10.5. The highest BCUT2D eigenvalue weighted by atomic mass is 32.1. The fraction of sp³-hybridized carbons (Fsp3) is 0.462. The number of aryl methyl sites for hydroxylation is 1. The topological polar surface area (TPSA) is 33.1 Å². The first-order valence-electron chi connectivity index (χ1n) is 6.27. The molecule has 1 fully saturated rings. The van der Waals surface area contributed by atoms with E-state index in [9.17, 15) is 0 Å². The van der Waals surface area contributed by atoms with Crippen molar-refractivity contribution in [1.82, 2.24) is 19.8 Å². The van der Waals surface area contributed by atoms with Gasteiger partial charge >= 0.3 is 0 Å². The number of thiophene rings is 1. The van der Waals surface area contributed by atoms with Gasteiger partial charge in [0.25, 0.3) is 0 Å². The van der Waals surface area contributed by atoms with E-state index in [0.29, 0.717) is 6.04 Å². The van der Waals surface area contributed by atoms with Gasteiger partial charge in [-0.05, 0) is 22.4 Å². The van der Waals surface area contributed by atoms with Crippen LogP contribution in [-0.2, 0) is 13.6 Å². The molecular formula is C13H18N4S. The molecule has 3 rings (SSSR count). The molecule has 0 aromatic carbocycles. The average Bonchev–Trinajstić information content (AvgIpc) is 3.02. The summed E-state index contributed by atoms with van der Waals surface area (Å²) in [7, 11) is 2.07. The third-order valence-electron chi connectivity index (χ3n) is 3.48. The molecule has 0 aliphatic carbocycles. The molecule has 1 atom stereocenters. The predicted octanol–water partition coefficient (Wildman–Crippen LogP) is 1.63. The van der Waals surface area contributed by atoms with E-state index in [4.69, 9.17) is 0 Å². The Balaban J connectivity index is 1.80. The van der Waals surface area contributed by atoms with E-state index in [-0.39, 0.29) is 0 Å². The molecule has 5 heteroatoms. The monoisotopic (exact) mass is 262 g/mol. The maximum Gasteiger partial charge on any atom is 0.127 e. The minimum atomic E-state index is 0.374. The first-order valence-corrected chi connectivity index (χ1v) is 7.22. The molecule has 2 aromatic rings. The van der Waals surface area contributed by atoms with Gasteiger partial charge in [0.05, 0.1) is 6.04 Å². The molecule has 0 saturated carbocycles. The van der Waals surface area contributed by atoms with Crippen LogP contribution in [0.25, 0.3) is 0 Å². The highest BCUT2D eigenvalue weighted by molar-refractivity contribution is 7.07. The first kappa shape index (κ1) is 11.9.